The molecule has 0 amide bonds. The molecule has 0 atom stereocenters. The first-order valence-corrected chi connectivity index (χ1v) is 9.59. The van der Waals surface area contributed by atoms with Gasteiger partial charge in [0.25, 0.3) is 0 Å². The molecule has 0 aliphatic rings. The molecule has 28 heavy (non-hydrogen) atoms. The lowest BCUT2D eigenvalue weighted by Crippen LogP contribution is -2.02. The highest BCUT2D eigenvalue weighted by molar-refractivity contribution is 6.36. The quantitative estimate of drug-likeness (QED) is 0.315. The predicted octanol–water partition coefficient (Wildman–Crippen LogP) is 5.84. The van der Waals surface area contributed by atoms with Gasteiger partial charge in [-0.05, 0) is 42.8 Å². The number of hydrogen-bond donors (Lipinski definition) is 1. The minimum atomic E-state index is -0.489. The summed E-state index contributed by atoms with van der Waals surface area (Å²) in [6.45, 7) is 0.346. The standard InChI is InChI=1S/C24H22ClNO2/c25-22-13-12-20(17-8-2-3-9-18(17)22)24(28)21-16-26(14-6-1-7-15-27)23-11-5-4-10-19(21)23/h2-5,8-13,16,27H,1,6-7,14-15H2/i4D,5D,10D,11D,16D. The van der Waals surface area contributed by atoms with Gasteiger partial charge in [-0.2, -0.15) is 0 Å². The van der Waals surface area contributed by atoms with Crippen LogP contribution in [0.2, 0.25) is 5.02 Å². The van der Waals surface area contributed by atoms with E-state index in [1.54, 1.807) is 30.3 Å². The maximum atomic E-state index is 13.8. The molecule has 0 saturated heterocycles. The number of aliphatic hydroxyl groups is 1. The Hall–Kier alpha value is -2.62. The molecule has 0 fully saturated rings. The number of aromatic nitrogens is 1. The molecule has 1 N–H and O–H groups in total. The summed E-state index contributed by atoms with van der Waals surface area (Å²) in [6.07, 6.45) is 1.72. The fourth-order valence-corrected chi connectivity index (χ4v) is 3.65. The van der Waals surface area contributed by atoms with Crippen molar-refractivity contribution in [2.75, 3.05) is 6.61 Å². The van der Waals surface area contributed by atoms with Gasteiger partial charge >= 0.3 is 0 Å². The summed E-state index contributed by atoms with van der Waals surface area (Å²) in [4.78, 5) is 13.8. The molecule has 0 radical (unpaired) electrons. The number of unbranched alkanes of at least 4 members (excludes halogenated alkanes) is 2. The lowest BCUT2D eigenvalue weighted by Gasteiger charge is -2.07. The van der Waals surface area contributed by atoms with Crippen LogP contribution in [0.5, 0.6) is 0 Å². The Balaban J connectivity index is 1.99. The van der Waals surface area contributed by atoms with Crippen molar-refractivity contribution in [2.45, 2.75) is 25.8 Å². The van der Waals surface area contributed by atoms with Gasteiger partial charge in [0.05, 0.1) is 6.85 Å². The van der Waals surface area contributed by atoms with E-state index in [1.165, 1.54) is 4.57 Å². The molecule has 0 bridgehead atoms. The van der Waals surface area contributed by atoms with Gasteiger partial charge in [0.1, 0.15) is 0 Å². The first-order chi connectivity index (χ1) is 15.8. The summed E-state index contributed by atoms with van der Waals surface area (Å²) < 4.78 is 43.4. The van der Waals surface area contributed by atoms with Gasteiger partial charge in [0.15, 0.2) is 5.78 Å². The molecule has 0 aliphatic heterocycles. The van der Waals surface area contributed by atoms with Gasteiger partial charge in [-0.15, -0.1) is 0 Å². The number of hydrogen-bond acceptors (Lipinski definition) is 2. The van der Waals surface area contributed by atoms with Crippen molar-refractivity contribution in [3.05, 3.63) is 82.9 Å². The van der Waals surface area contributed by atoms with Gasteiger partial charge in [0, 0.05) is 51.8 Å². The number of aryl methyl sites for hydroxylation is 1. The van der Waals surface area contributed by atoms with Crippen LogP contribution in [0.15, 0.2) is 66.7 Å². The van der Waals surface area contributed by atoms with Crippen LogP contribution in [0.1, 0.15) is 42.0 Å². The summed E-state index contributed by atoms with van der Waals surface area (Å²) in [5.74, 6) is -0.489. The second kappa shape index (κ2) is 8.17. The van der Waals surface area contributed by atoms with E-state index >= 15 is 0 Å². The van der Waals surface area contributed by atoms with Crippen LogP contribution in [0.4, 0.5) is 0 Å². The largest absolute Gasteiger partial charge is 0.396 e. The Labute approximate surface area is 176 Å². The SMILES string of the molecule is [2H]c1c([2H])c([2H])c2c(c1[2H])c(C(=O)c1ccc(Cl)c3ccccc13)c([2H])n2CCCCCO. The molecular weight excluding hydrogens is 370 g/mol. The number of para-hydroxylation sites is 1. The van der Waals surface area contributed by atoms with E-state index in [0.717, 1.165) is 0 Å². The number of fused-ring (bicyclic) bond motifs is 2. The molecule has 3 nitrogen and oxygen atoms in total. The molecule has 4 rings (SSSR count). The number of ketones is 1. The molecule has 1 heterocycles. The Kier molecular flexibility index (Phi) is 3.95. The van der Waals surface area contributed by atoms with Crippen LogP contribution in [0, 0.1) is 0 Å². The topological polar surface area (TPSA) is 42.2 Å². The molecular formula is C24H22ClNO2. The molecule has 4 aromatic rings. The van der Waals surface area contributed by atoms with Crippen molar-refractivity contribution in [1.82, 2.24) is 4.57 Å². The number of carbonyl (C=O) groups is 1. The highest BCUT2D eigenvalue weighted by Crippen LogP contribution is 2.30. The van der Waals surface area contributed by atoms with E-state index in [0.29, 0.717) is 47.2 Å². The molecule has 3 aromatic carbocycles. The predicted molar refractivity (Wildman–Crippen MR) is 115 cm³/mol. The Morgan fingerprint density at radius 3 is 2.57 bits per heavy atom. The summed E-state index contributed by atoms with van der Waals surface area (Å²) in [5.41, 5.74) is 0.415. The normalized spacial score (nSPS) is 13.9. The number of carbonyl (C=O) groups excluding carboxylic acids is 1. The third-order valence-electron chi connectivity index (χ3n) is 4.82. The molecule has 0 aliphatic carbocycles. The van der Waals surface area contributed by atoms with Crippen molar-refractivity contribution >= 4 is 39.1 Å². The number of nitrogens with zero attached hydrogens (tertiary/aromatic N) is 1. The number of halogens is 1. The van der Waals surface area contributed by atoms with Crippen molar-refractivity contribution in [2.24, 2.45) is 0 Å². The van der Waals surface area contributed by atoms with Crippen molar-refractivity contribution in [3.8, 4) is 0 Å². The lowest BCUT2D eigenvalue weighted by atomic mass is 9.97. The third-order valence-corrected chi connectivity index (χ3v) is 5.15. The van der Waals surface area contributed by atoms with Crippen LogP contribution >= 0.6 is 11.6 Å². The van der Waals surface area contributed by atoms with Crippen molar-refractivity contribution in [3.63, 3.8) is 0 Å². The van der Waals surface area contributed by atoms with Gasteiger partial charge in [-0.25, -0.2) is 0 Å². The van der Waals surface area contributed by atoms with E-state index < -0.39 is 17.9 Å². The summed E-state index contributed by atoms with van der Waals surface area (Å²) in [5, 5.41) is 10.9. The van der Waals surface area contributed by atoms with Gasteiger partial charge in [0.2, 0.25) is 0 Å². The van der Waals surface area contributed by atoms with Crippen LogP contribution < -0.4 is 0 Å². The highest BCUT2D eigenvalue weighted by atomic mass is 35.5. The Morgan fingerprint density at radius 2 is 1.75 bits per heavy atom. The number of aliphatic hydroxyl groups excluding tert-OH is 1. The van der Waals surface area contributed by atoms with Gasteiger partial charge in [-0.1, -0.05) is 54.0 Å². The van der Waals surface area contributed by atoms with Crippen LogP contribution in [0.25, 0.3) is 21.7 Å². The average molecular weight is 397 g/mol. The maximum Gasteiger partial charge on any atom is 0.195 e. The zero-order chi connectivity index (χ0) is 23.9. The van der Waals surface area contributed by atoms with Crippen LogP contribution in [-0.2, 0) is 6.54 Å². The first kappa shape index (κ1) is 13.5. The number of benzene rings is 3. The van der Waals surface area contributed by atoms with Crippen molar-refractivity contribution < 1.29 is 16.8 Å². The zero-order valence-electron chi connectivity index (χ0n) is 20.2. The summed E-state index contributed by atoms with van der Waals surface area (Å²) in [7, 11) is 0. The fraction of sp³-hybridized carbons (Fsp3) is 0.208. The lowest BCUT2D eigenvalue weighted by molar-refractivity contribution is 0.104. The molecule has 0 saturated carbocycles. The van der Waals surface area contributed by atoms with E-state index in [4.69, 9.17) is 23.6 Å². The van der Waals surface area contributed by atoms with Crippen LogP contribution in [0.3, 0.4) is 0 Å². The highest BCUT2D eigenvalue weighted by Gasteiger charge is 2.19. The molecule has 4 heteroatoms. The minimum absolute atomic E-state index is 0.0488. The monoisotopic (exact) mass is 396 g/mol. The molecule has 0 unspecified atom stereocenters. The van der Waals surface area contributed by atoms with Crippen molar-refractivity contribution in [1.29, 1.82) is 0 Å². The van der Waals surface area contributed by atoms with Gasteiger partial charge in [-0.3, -0.25) is 4.79 Å². The molecule has 0 spiro atoms. The molecule has 1 aromatic heterocycles. The zero-order valence-corrected chi connectivity index (χ0v) is 15.9. The smallest absolute Gasteiger partial charge is 0.195 e. The summed E-state index contributed by atoms with van der Waals surface area (Å²) in [6, 6.07) is 8.90. The van der Waals surface area contributed by atoms with Gasteiger partial charge < -0.3 is 9.67 Å². The Bertz CT molecular complexity index is 1400. The second-order valence-corrected chi connectivity index (χ2v) is 7.02. The van der Waals surface area contributed by atoms with E-state index in [-0.39, 0.29) is 41.3 Å². The fourth-order valence-electron chi connectivity index (χ4n) is 3.42. The third kappa shape index (κ3) is 3.44. The number of rotatable bonds is 7. The van der Waals surface area contributed by atoms with E-state index in [2.05, 4.69) is 0 Å². The molecule has 142 valence electrons. The second-order valence-electron chi connectivity index (χ2n) is 6.62. The van der Waals surface area contributed by atoms with E-state index in [9.17, 15) is 4.79 Å². The first-order valence-electron chi connectivity index (χ1n) is 11.7. The average Bonchev–Trinajstić information content (AvgIpc) is 3.11. The maximum absolute atomic E-state index is 13.8. The minimum Gasteiger partial charge on any atom is -0.396 e. The van der Waals surface area contributed by atoms with E-state index in [1.807, 2.05) is 6.07 Å². The summed E-state index contributed by atoms with van der Waals surface area (Å²) >= 11 is 6.31. The Morgan fingerprint density at radius 1 is 0.964 bits per heavy atom. The van der Waals surface area contributed by atoms with Crippen LogP contribution in [-0.4, -0.2) is 22.1 Å².